The summed E-state index contributed by atoms with van der Waals surface area (Å²) in [6, 6.07) is 5.43. The van der Waals surface area contributed by atoms with Crippen LogP contribution in [-0.2, 0) is 17.8 Å². The van der Waals surface area contributed by atoms with Gasteiger partial charge < -0.3 is 16.0 Å². The van der Waals surface area contributed by atoms with E-state index in [9.17, 15) is 9.59 Å². The molecule has 1 aromatic heterocycles. The normalized spacial score (nSPS) is 14.5. The van der Waals surface area contributed by atoms with Crippen LogP contribution >= 0.6 is 0 Å². The van der Waals surface area contributed by atoms with E-state index in [1.165, 1.54) is 0 Å². The summed E-state index contributed by atoms with van der Waals surface area (Å²) in [5.74, 6) is 0.0495. The van der Waals surface area contributed by atoms with Gasteiger partial charge in [-0.2, -0.15) is 5.10 Å². The highest BCUT2D eigenvalue weighted by Crippen LogP contribution is 2.26. The van der Waals surface area contributed by atoms with Crippen molar-refractivity contribution in [2.45, 2.75) is 39.3 Å². The van der Waals surface area contributed by atoms with E-state index in [-0.39, 0.29) is 18.0 Å². The molecule has 7 nitrogen and oxygen atoms in total. The van der Waals surface area contributed by atoms with Crippen LogP contribution in [0.1, 0.15) is 37.4 Å². The lowest BCUT2D eigenvalue weighted by atomic mass is 9.98. The van der Waals surface area contributed by atoms with Crippen LogP contribution in [0, 0.1) is 0 Å². The van der Waals surface area contributed by atoms with Crippen molar-refractivity contribution < 1.29 is 9.59 Å². The maximum Gasteiger partial charge on any atom is 0.319 e. The molecule has 0 spiro atoms. The average molecular weight is 327 g/mol. The van der Waals surface area contributed by atoms with Gasteiger partial charge in [0.1, 0.15) is 0 Å². The highest BCUT2D eigenvalue weighted by Gasteiger charge is 2.17. The second-order valence-corrected chi connectivity index (χ2v) is 5.87. The Hall–Kier alpha value is -2.83. The van der Waals surface area contributed by atoms with E-state index < -0.39 is 0 Å². The Morgan fingerprint density at radius 3 is 3.00 bits per heavy atom. The van der Waals surface area contributed by atoms with Gasteiger partial charge in [-0.1, -0.05) is 12.1 Å². The number of hydrogen-bond donors (Lipinski definition) is 3. The summed E-state index contributed by atoms with van der Waals surface area (Å²) >= 11 is 0. The number of hydrogen-bond acceptors (Lipinski definition) is 3. The minimum Gasteiger partial charge on any atom is -0.331 e. The number of nitrogens with one attached hydrogen (secondary N) is 3. The Morgan fingerprint density at radius 2 is 2.25 bits per heavy atom. The van der Waals surface area contributed by atoms with Crippen molar-refractivity contribution in [2.24, 2.45) is 0 Å². The van der Waals surface area contributed by atoms with Gasteiger partial charge in [0, 0.05) is 24.8 Å². The summed E-state index contributed by atoms with van der Waals surface area (Å²) in [6.07, 6.45) is 4.63. The maximum absolute atomic E-state index is 12.1. The minimum atomic E-state index is -0.274. The smallest absolute Gasteiger partial charge is 0.319 e. The van der Waals surface area contributed by atoms with Gasteiger partial charge in [-0.05, 0) is 37.5 Å². The van der Waals surface area contributed by atoms with Crippen molar-refractivity contribution in [3.8, 4) is 0 Å². The van der Waals surface area contributed by atoms with Gasteiger partial charge in [-0.3, -0.25) is 9.48 Å². The second kappa shape index (κ2) is 6.74. The molecule has 0 unspecified atom stereocenters. The van der Waals surface area contributed by atoms with E-state index in [1.54, 1.807) is 17.1 Å². The topological polar surface area (TPSA) is 88.0 Å². The number of amides is 3. The van der Waals surface area contributed by atoms with Crippen molar-refractivity contribution in [2.75, 3.05) is 10.6 Å². The van der Waals surface area contributed by atoms with Gasteiger partial charge >= 0.3 is 6.03 Å². The number of nitrogens with zero attached hydrogens (tertiary/aromatic N) is 2. The quantitative estimate of drug-likeness (QED) is 0.806. The Labute approximate surface area is 140 Å². The molecule has 1 aliphatic heterocycles. The largest absolute Gasteiger partial charge is 0.331 e. The monoisotopic (exact) mass is 327 g/mol. The minimum absolute atomic E-state index is 0.0495. The summed E-state index contributed by atoms with van der Waals surface area (Å²) < 4.78 is 1.75. The zero-order valence-electron chi connectivity index (χ0n) is 13.8. The number of carbonyl (C=O) groups is 2. The first-order chi connectivity index (χ1) is 11.5. The van der Waals surface area contributed by atoms with Crippen molar-refractivity contribution >= 4 is 23.3 Å². The summed E-state index contributed by atoms with van der Waals surface area (Å²) in [5.41, 5.74) is 3.63. The molecule has 1 aromatic carbocycles. The fourth-order valence-electron chi connectivity index (χ4n) is 2.72. The highest BCUT2D eigenvalue weighted by molar-refractivity contribution is 5.94. The lowest BCUT2D eigenvalue weighted by molar-refractivity contribution is -0.116. The SMILES string of the molecule is CCn1cc(NC(=O)N[C@H](C)c2ccc3c(c2)CCC(=O)N3)cn1. The number of fused-ring (bicyclic) bond motifs is 1. The molecule has 0 bridgehead atoms. The van der Waals surface area contributed by atoms with Crippen LogP contribution in [0.2, 0.25) is 0 Å². The summed E-state index contributed by atoms with van der Waals surface area (Å²) in [5, 5.41) is 12.7. The van der Waals surface area contributed by atoms with Crippen LogP contribution in [0.4, 0.5) is 16.2 Å². The number of anilines is 2. The van der Waals surface area contributed by atoms with Crippen LogP contribution in [0.25, 0.3) is 0 Å². The maximum atomic E-state index is 12.1. The molecule has 0 saturated heterocycles. The first kappa shape index (κ1) is 16.0. The van der Waals surface area contributed by atoms with Gasteiger partial charge in [0.25, 0.3) is 0 Å². The zero-order chi connectivity index (χ0) is 17.1. The number of benzene rings is 1. The number of carbonyl (C=O) groups excluding carboxylic acids is 2. The molecule has 0 radical (unpaired) electrons. The van der Waals surface area contributed by atoms with Gasteiger partial charge in [0.05, 0.1) is 17.9 Å². The van der Waals surface area contributed by atoms with Crippen molar-refractivity contribution in [3.63, 3.8) is 0 Å². The molecule has 3 amide bonds. The summed E-state index contributed by atoms with van der Waals surface area (Å²) in [6.45, 7) is 4.67. The Balaban J connectivity index is 1.63. The fourth-order valence-corrected chi connectivity index (χ4v) is 2.72. The van der Waals surface area contributed by atoms with Crippen LogP contribution in [-0.4, -0.2) is 21.7 Å². The molecule has 0 fully saturated rings. The summed E-state index contributed by atoms with van der Waals surface area (Å²) in [7, 11) is 0. The second-order valence-electron chi connectivity index (χ2n) is 5.87. The molecule has 126 valence electrons. The predicted octanol–water partition coefficient (Wildman–Crippen LogP) is 2.67. The molecule has 1 aliphatic rings. The molecule has 3 rings (SSSR count). The lowest BCUT2D eigenvalue weighted by Gasteiger charge is -2.20. The zero-order valence-corrected chi connectivity index (χ0v) is 13.8. The van der Waals surface area contributed by atoms with E-state index in [4.69, 9.17) is 0 Å². The summed E-state index contributed by atoms with van der Waals surface area (Å²) in [4.78, 5) is 23.5. The van der Waals surface area contributed by atoms with E-state index in [0.717, 1.165) is 29.8 Å². The Bertz CT molecular complexity index is 768. The van der Waals surface area contributed by atoms with E-state index in [1.807, 2.05) is 32.0 Å². The Kier molecular flexibility index (Phi) is 4.50. The molecule has 2 heterocycles. The molecular weight excluding hydrogens is 306 g/mol. The van der Waals surface area contributed by atoms with Crippen LogP contribution in [0.5, 0.6) is 0 Å². The standard InChI is InChI=1S/C17H21N5O2/c1-3-22-10-14(9-18-22)20-17(24)19-11(2)12-4-6-15-13(8-12)5-7-16(23)21-15/h4,6,8-11H,3,5,7H2,1-2H3,(H,21,23)(H2,19,20,24)/t11-/m1/s1. The number of aryl methyl sites for hydroxylation is 2. The highest BCUT2D eigenvalue weighted by atomic mass is 16.2. The van der Waals surface area contributed by atoms with E-state index >= 15 is 0 Å². The van der Waals surface area contributed by atoms with Crippen molar-refractivity contribution in [3.05, 3.63) is 41.7 Å². The molecule has 24 heavy (non-hydrogen) atoms. The van der Waals surface area contributed by atoms with E-state index in [0.29, 0.717) is 12.1 Å². The van der Waals surface area contributed by atoms with Crippen molar-refractivity contribution in [1.82, 2.24) is 15.1 Å². The van der Waals surface area contributed by atoms with Gasteiger partial charge in [-0.25, -0.2) is 4.79 Å². The molecule has 0 saturated carbocycles. The first-order valence-corrected chi connectivity index (χ1v) is 8.08. The molecule has 3 N–H and O–H groups in total. The number of aromatic nitrogens is 2. The average Bonchev–Trinajstić information content (AvgIpc) is 3.01. The van der Waals surface area contributed by atoms with Crippen LogP contribution in [0.15, 0.2) is 30.6 Å². The molecule has 1 atom stereocenters. The van der Waals surface area contributed by atoms with Crippen molar-refractivity contribution in [1.29, 1.82) is 0 Å². The molecule has 0 aliphatic carbocycles. The number of rotatable bonds is 4. The molecule has 7 heteroatoms. The lowest BCUT2D eigenvalue weighted by Crippen LogP contribution is -2.31. The Morgan fingerprint density at radius 1 is 1.42 bits per heavy atom. The predicted molar refractivity (Wildman–Crippen MR) is 91.9 cm³/mol. The van der Waals surface area contributed by atoms with Gasteiger partial charge in [0.2, 0.25) is 5.91 Å². The third-order valence-electron chi connectivity index (χ3n) is 4.09. The fraction of sp³-hybridized carbons (Fsp3) is 0.353. The van der Waals surface area contributed by atoms with Gasteiger partial charge in [-0.15, -0.1) is 0 Å². The third kappa shape index (κ3) is 3.56. The number of urea groups is 1. The van der Waals surface area contributed by atoms with Crippen LogP contribution in [0.3, 0.4) is 0 Å². The van der Waals surface area contributed by atoms with E-state index in [2.05, 4.69) is 21.0 Å². The third-order valence-corrected chi connectivity index (χ3v) is 4.09. The molecular formula is C17H21N5O2. The molecule has 2 aromatic rings. The van der Waals surface area contributed by atoms with Crippen LogP contribution < -0.4 is 16.0 Å². The van der Waals surface area contributed by atoms with Gasteiger partial charge in [0.15, 0.2) is 0 Å². The first-order valence-electron chi connectivity index (χ1n) is 8.08.